The Morgan fingerprint density at radius 3 is 2.68 bits per heavy atom. The number of hydrogen-bond donors (Lipinski definition) is 2. The molecule has 2 aromatic rings. The number of nitrogens with one attached hydrogen (secondary N) is 1. The number of carboxylic acids is 1. The van der Waals surface area contributed by atoms with E-state index in [0.717, 1.165) is 11.4 Å². The van der Waals surface area contributed by atoms with Crippen LogP contribution in [0.1, 0.15) is 40.5 Å². The van der Waals surface area contributed by atoms with Gasteiger partial charge in [-0.15, -0.1) is 0 Å². The second-order valence-corrected chi connectivity index (χ2v) is 5.94. The van der Waals surface area contributed by atoms with E-state index in [4.69, 9.17) is 9.84 Å². The second kappa shape index (κ2) is 7.74. The molecule has 1 aromatic carbocycles. The van der Waals surface area contributed by atoms with Gasteiger partial charge in [0.25, 0.3) is 5.91 Å². The van der Waals surface area contributed by atoms with E-state index >= 15 is 0 Å². The lowest BCUT2D eigenvalue weighted by atomic mass is 10.2. The summed E-state index contributed by atoms with van der Waals surface area (Å²) in [6, 6.07) is 6.43. The molecule has 2 N–H and O–H groups in total. The molecule has 0 bridgehead atoms. The number of carbonyl (C=O) groups is 2. The van der Waals surface area contributed by atoms with E-state index in [0.29, 0.717) is 30.2 Å². The van der Waals surface area contributed by atoms with E-state index in [1.165, 1.54) is 18.9 Å². The van der Waals surface area contributed by atoms with Gasteiger partial charge in [-0.3, -0.25) is 4.79 Å². The molecule has 0 unspecified atom stereocenters. The molecule has 1 saturated carbocycles. The number of rotatable bonds is 8. The monoisotopic (exact) mass is 341 g/mol. The predicted molar refractivity (Wildman–Crippen MR) is 89.6 cm³/mol. The Morgan fingerprint density at radius 1 is 1.24 bits per heavy atom. The Kier molecular flexibility index (Phi) is 5.23. The summed E-state index contributed by atoms with van der Waals surface area (Å²) >= 11 is 0. The molecule has 7 heteroatoms. The molecule has 1 fully saturated rings. The SMILES string of the molecule is O=C(O)COc1cccc(C(=O)NCCc2cnc(C3CC3)nc2)c1. The van der Waals surface area contributed by atoms with Gasteiger partial charge in [-0.1, -0.05) is 6.07 Å². The maximum absolute atomic E-state index is 12.2. The fourth-order valence-corrected chi connectivity index (χ4v) is 2.34. The number of hydrogen-bond acceptors (Lipinski definition) is 5. The van der Waals surface area contributed by atoms with Crippen molar-refractivity contribution >= 4 is 11.9 Å². The minimum atomic E-state index is -1.07. The van der Waals surface area contributed by atoms with Gasteiger partial charge in [0.15, 0.2) is 6.61 Å². The molecular formula is C18H19N3O4. The average molecular weight is 341 g/mol. The van der Waals surface area contributed by atoms with Gasteiger partial charge in [0.05, 0.1) is 0 Å². The molecule has 0 spiro atoms. The number of aliphatic carboxylic acids is 1. The molecule has 1 heterocycles. The Balaban J connectivity index is 1.48. The molecule has 1 aromatic heterocycles. The number of nitrogens with zero attached hydrogens (tertiary/aromatic N) is 2. The fourth-order valence-electron chi connectivity index (χ4n) is 2.34. The van der Waals surface area contributed by atoms with Gasteiger partial charge in [0.2, 0.25) is 0 Å². The second-order valence-electron chi connectivity index (χ2n) is 5.94. The van der Waals surface area contributed by atoms with Crippen LogP contribution >= 0.6 is 0 Å². The van der Waals surface area contributed by atoms with E-state index in [9.17, 15) is 9.59 Å². The fraction of sp³-hybridized carbons (Fsp3) is 0.333. The molecule has 25 heavy (non-hydrogen) atoms. The number of carboxylic acid groups (broad SMARTS) is 1. The van der Waals surface area contributed by atoms with Crippen LogP contribution in [0.2, 0.25) is 0 Å². The Labute approximate surface area is 145 Å². The van der Waals surface area contributed by atoms with E-state index < -0.39 is 12.6 Å². The largest absolute Gasteiger partial charge is 0.482 e. The number of aromatic nitrogens is 2. The van der Waals surface area contributed by atoms with Crippen molar-refractivity contribution in [3.05, 3.63) is 53.6 Å². The van der Waals surface area contributed by atoms with Crippen LogP contribution in [0.15, 0.2) is 36.7 Å². The highest BCUT2D eigenvalue weighted by Gasteiger charge is 2.26. The molecule has 3 rings (SSSR count). The molecule has 1 aliphatic rings. The van der Waals surface area contributed by atoms with Crippen molar-refractivity contribution in [2.45, 2.75) is 25.2 Å². The lowest BCUT2D eigenvalue weighted by Gasteiger charge is -2.08. The van der Waals surface area contributed by atoms with Crippen molar-refractivity contribution in [3.63, 3.8) is 0 Å². The van der Waals surface area contributed by atoms with Crippen LogP contribution in [-0.2, 0) is 11.2 Å². The first-order valence-corrected chi connectivity index (χ1v) is 8.15. The summed E-state index contributed by atoms with van der Waals surface area (Å²) in [4.78, 5) is 31.4. The topological polar surface area (TPSA) is 101 Å². The molecule has 0 aliphatic heterocycles. The highest BCUT2D eigenvalue weighted by atomic mass is 16.5. The minimum Gasteiger partial charge on any atom is -0.482 e. The van der Waals surface area contributed by atoms with Crippen LogP contribution in [-0.4, -0.2) is 40.1 Å². The van der Waals surface area contributed by atoms with Gasteiger partial charge in [0.1, 0.15) is 11.6 Å². The number of carbonyl (C=O) groups excluding carboxylic acids is 1. The third-order valence-electron chi connectivity index (χ3n) is 3.83. The van der Waals surface area contributed by atoms with Gasteiger partial charge in [-0.2, -0.15) is 0 Å². The number of ether oxygens (including phenoxy) is 1. The summed E-state index contributed by atoms with van der Waals surface area (Å²) in [6.45, 7) is 0.0209. The predicted octanol–water partition coefficient (Wildman–Crippen LogP) is 1.79. The Hall–Kier alpha value is -2.96. The normalized spacial score (nSPS) is 13.3. The molecule has 130 valence electrons. The molecule has 1 amide bonds. The quantitative estimate of drug-likeness (QED) is 0.759. The van der Waals surface area contributed by atoms with Crippen LogP contribution < -0.4 is 10.1 Å². The maximum Gasteiger partial charge on any atom is 0.341 e. The number of amides is 1. The molecule has 7 nitrogen and oxygen atoms in total. The zero-order valence-corrected chi connectivity index (χ0v) is 13.6. The zero-order chi connectivity index (χ0) is 17.6. The van der Waals surface area contributed by atoms with E-state index in [1.807, 2.05) is 12.4 Å². The number of benzene rings is 1. The lowest BCUT2D eigenvalue weighted by Crippen LogP contribution is -2.25. The third-order valence-corrected chi connectivity index (χ3v) is 3.83. The van der Waals surface area contributed by atoms with Crippen LogP contribution in [0.25, 0.3) is 0 Å². The Bertz CT molecular complexity index is 757. The minimum absolute atomic E-state index is 0.240. The van der Waals surface area contributed by atoms with Crippen LogP contribution in [0.3, 0.4) is 0 Å². The van der Waals surface area contributed by atoms with Gasteiger partial charge >= 0.3 is 5.97 Å². The smallest absolute Gasteiger partial charge is 0.341 e. The van der Waals surface area contributed by atoms with Crippen molar-refractivity contribution in [1.82, 2.24) is 15.3 Å². The zero-order valence-electron chi connectivity index (χ0n) is 13.6. The summed E-state index contributed by atoms with van der Waals surface area (Å²) in [6.07, 6.45) is 6.61. The summed E-state index contributed by atoms with van der Waals surface area (Å²) in [5.74, 6) is 0.482. The molecule has 0 saturated heterocycles. The van der Waals surface area contributed by atoms with Gasteiger partial charge in [-0.25, -0.2) is 14.8 Å². The summed E-state index contributed by atoms with van der Waals surface area (Å²) < 4.78 is 5.07. The Morgan fingerprint density at radius 2 is 2.00 bits per heavy atom. The van der Waals surface area contributed by atoms with Gasteiger partial charge < -0.3 is 15.2 Å². The molecule has 1 aliphatic carbocycles. The summed E-state index contributed by atoms with van der Waals surface area (Å²) in [5.41, 5.74) is 1.39. The lowest BCUT2D eigenvalue weighted by molar-refractivity contribution is -0.139. The van der Waals surface area contributed by atoms with Crippen LogP contribution in [0.5, 0.6) is 5.75 Å². The van der Waals surface area contributed by atoms with Gasteiger partial charge in [0, 0.05) is 30.4 Å². The van der Waals surface area contributed by atoms with E-state index in [1.54, 1.807) is 18.2 Å². The summed E-state index contributed by atoms with van der Waals surface area (Å²) in [5, 5.41) is 11.4. The molecule has 0 atom stereocenters. The van der Waals surface area contributed by atoms with Crippen molar-refractivity contribution in [2.24, 2.45) is 0 Å². The van der Waals surface area contributed by atoms with Crippen molar-refractivity contribution in [3.8, 4) is 5.75 Å². The summed E-state index contributed by atoms with van der Waals surface area (Å²) in [7, 11) is 0. The third kappa shape index (κ3) is 5.00. The van der Waals surface area contributed by atoms with Gasteiger partial charge in [-0.05, 0) is 43.0 Å². The standard InChI is InChI=1S/C18H19N3O4/c22-16(23)11-25-15-3-1-2-14(8-15)18(24)19-7-6-12-9-20-17(21-10-12)13-4-5-13/h1-3,8-10,13H,4-7,11H2,(H,19,24)(H,22,23). The molecular weight excluding hydrogens is 322 g/mol. The average Bonchev–Trinajstić information content (AvgIpc) is 3.46. The first-order chi connectivity index (χ1) is 12.1. The van der Waals surface area contributed by atoms with Crippen LogP contribution in [0, 0.1) is 0 Å². The highest BCUT2D eigenvalue weighted by Crippen LogP contribution is 2.37. The first kappa shape index (κ1) is 16.9. The maximum atomic E-state index is 12.2. The first-order valence-electron chi connectivity index (χ1n) is 8.15. The van der Waals surface area contributed by atoms with Crippen molar-refractivity contribution < 1.29 is 19.4 Å². The van der Waals surface area contributed by atoms with E-state index in [2.05, 4.69) is 15.3 Å². The van der Waals surface area contributed by atoms with Crippen molar-refractivity contribution in [1.29, 1.82) is 0 Å². The van der Waals surface area contributed by atoms with Crippen molar-refractivity contribution in [2.75, 3.05) is 13.2 Å². The van der Waals surface area contributed by atoms with E-state index in [-0.39, 0.29) is 5.91 Å². The highest BCUT2D eigenvalue weighted by molar-refractivity contribution is 5.94. The molecule has 0 radical (unpaired) electrons. The van der Waals surface area contributed by atoms with Crippen LogP contribution in [0.4, 0.5) is 0 Å².